The van der Waals surface area contributed by atoms with Crippen LogP contribution in [-0.2, 0) is 6.42 Å². The van der Waals surface area contributed by atoms with Crippen LogP contribution < -0.4 is 0 Å². The van der Waals surface area contributed by atoms with Crippen LogP contribution in [0.15, 0.2) is 97.1 Å². The summed E-state index contributed by atoms with van der Waals surface area (Å²) in [6.45, 7) is 0. The summed E-state index contributed by atoms with van der Waals surface area (Å²) >= 11 is 0. The fourth-order valence-electron chi connectivity index (χ4n) is 3.81. The van der Waals surface area contributed by atoms with Crippen LogP contribution in [0.1, 0.15) is 11.1 Å². The van der Waals surface area contributed by atoms with Crippen LogP contribution in [0.4, 0.5) is 0 Å². The second kappa shape index (κ2) is 5.75. The molecular weight excluding hydrogens is 300 g/mol. The zero-order valence-corrected chi connectivity index (χ0v) is 13.9. The molecule has 0 fully saturated rings. The molecule has 0 bridgehead atoms. The molecule has 0 saturated heterocycles. The monoisotopic (exact) mass is 318 g/mol. The molecule has 0 amide bonds. The van der Waals surface area contributed by atoms with Crippen molar-refractivity contribution in [3.05, 3.63) is 108 Å². The number of hydrogen-bond donors (Lipinski definition) is 0. The Morgan fingerprint density at radius 1 is 0.400 bits per heavy atom. The van der Waals surface area contributed by atoms with Gasteiger partial charge in [0.2, 0.25) is 0 Å². The van der Waals surface area contributed by atoms with Crippen LogP contribution in [0.3, 0.4) is 0 Å². The highest BCUT2D eigenvalue weighted by atomic mass is 14.2. The largest absolute Gasteiger partial charge is 0.0622 e. The quantitative estimate of drug-likeness (QED) is 0.344. The zero-order valence-electron chi connectivity index (χ0n) is 13.9. The van der Waals surface area contributed by atoms with E-state index in [4.69, 9.17) is 0 Å². The van der Waals surface area contributed by atoms with Gasteiger partial charge in [0.05, 0.1) is 0 Å². The number of rotatable bonds is 2. The first kappa shape index (κ1) is 14.2. The van der Waals surface area contributed by atoms with Gasteiger partial charge in [-0.1, -0.05) is 84.9 Å². The van der Waals surface area contributed by atoms with Crippen LogP contribution in [0.25, 0.3) is 33.4 Å². The van der Waals surface area contributed by atoms with E-state index in [2.05, 4.69) is 97.1 Å². The van der Waals surface area contributed by atoms with Gasteiger partial charge >= 0.3 is 0 Å². The van der Waals surface area contributed by atoms with Gasteiger partial charge in [-0.15, -0.1) is 0 Å². The molecular formula is C25H18. The minimum absolute atomic E-state index is 1.05. The van der Waals surface area contributed by atoms with Gasteiger partial charge in [-0.25, -0.2) is 0 Å². The first-order valence-electron chi connectivity index (χ1n) is 8.75. The first-order valence-corrected chi connectivity index (χ1v) is 8.75. The molecule has 0 unspecified atom stereocenters. The van der Waals surface area contributed by atoms with E-state index in [-0.39, 0.29) is 0 Å². The van der Waals surface area contributed by atoms with Gasteiger partial charge in [0, 0.05) is 0 Å². The van der Waals surface area contributed by atoms with E-state index in [1.807, 2.05) is 0 Å². The molecule has 0 aliphatic heterocycles. The maximum absolute atomic E-state index is 2.35. The summed E-state index contributed by atoms with van der Waals surface area (Å²) in [7, 11) is 0. The fourth-order valence-corrected chi connectivity index (χ4v) is 3.81. The third-order valence-electron chi connectivity index (χ3n) is 5.10. The van der Waals surface area contributed by atoms with Crippen molar-refractivity contribution in [2.24, 2.45) is 0 Å². The van der Waals surface area contributed by atoms with E-state index < -0.39 is 0 Å². The highest BCUT2D eigenvalue weighted by Crippen LogP contribution is 2.39. The molecule has 1 aliphatic carbocycles. The van der Waals surface area contributed by atoms with Crippen molar-refractivity contribution in [1.82, 2.24) is 0 Å². The van der Waals surface area contributed by atoms with E-state index in [1.54, 1.807) is 0 Å². The van der Waals surface area contributed by atoms with Crippen LogP contribution in [0.2, 0.25) is 0 Å². The van der Waals surface area contributed by atoms with Crippen molar-refractivity contribution in [1.29, 1.82) is 0 Å². The fraction of sp³-hybridized carbons (Fsp3) is 0.0400. The number of benzene rings is 4. The summed E-state index contributed by atoms with van der Waals surface area (Å²) in [5.74, 6) is 0. The summed E-state index contributed by atoms with van der Waals surface area (Å²) in [6, 6.07) is 35.1. The minimum Gasteiger partial charge on any atom is -0.0622 e. The van der Waals surface area contributed by atoms with Crippen LogP contribution in [0.5, 0.6) is 0 Å². The molecule has 118 valence electrons. The summed E-state index contributed by atoms with van der Waals surface area (Å²) in [4.78, 5) is 0. The first-order chi connectivity index (χ1) is 12.4. The standard InChI is InChI=1S/C25H18/c1-2-7-18(8-3-1)19-10-6-11-20(15-19)21-13-14-23-16-22-9-4-5-12-24(22)25(23)17-21/h1-15,17H,16H2. The lowest BCUT2D eigenvalue weighted by Gasteiger charge is -2.09. The predicted molar refractivity (Wildman–Crippen MR) is 106 cm³/mol. The molecule has 0 N–H and O–H groups in total. The van der Waals surface area contributed by atoms with E-state index in [0.29, 0.717) is 0 Å². The molecule has 5 rings (SSSR count). The summed E-state index contributed by atoms with van der Waals surface area (Å²) in [5.41, 5.74) is 10.7. The van der Waals surface area contributed by atoms with Crippen LogP contribution >= 0.6 is 0 Å². The van der Waals surface area contributed by atoms with Crippen LogP contribution in [0, 0.1) is 0 Å². The van der Waals surface area contributed by atoms with Gasteiger partial charge in [-0.3, -0.25) is 0 Å². The van der Waals surface area contributed by atoms with Gasteiger partial charge in [0.1, 0.15) is 0 Å². The third-order valence-corrected chi connectivity index (χ3v) is 5.10. The molecule has 0 spiro atoms. The molecule has 1 aliphatic rings. The average Bonchev–Trinajstić information content (AvgIpc) is 3.07. The second-order valence-corrected chi connectivity index (χ2v) is 6.65. The molecule has 4 aromatic rings. The summed E-state index contributed by atoms with van der Waals surface area (Å²) in [5, 5.41) is 0. The highest BCUT2D eigenvalue weighted by molar-refractivity contribution is 5.82. The Labute approximate surface area is 148 Å². The van der Waals surface area contributed by atoms with Gasteiger partial charge < -0.3 is 0 Å². The summed E-state index contributed by atoms with van der Waals surface area (Å²) in [6.07, 6.45) is 1.05. The Kier molecular flexibility index (Phi) is 3.28. The van der Waals surface area contributed by atoms with Crippen molar-refractivity contribution in [3.8, 4) is 33.4 Å². The zero-order chi connectivity index (χ0) is 16.6. The molecule has 0 radical (unpaired) electrons. The smallest absolute Gasteiger partial charge is 0.00134 e. The maximum Gasteiger partial charge on any atom is -0.00134 e. The predicted octanol–water partition coefficient (Wildman–Crippen LogP) is 6.59. The number of fused-ring (bicyclic) bond motifs is 3. The van der Waals surface area contributed by atoms with Crippen molar-refractivity contribution in [2.75, 3.05) is 0 Å². The molecule has 25 heavy (non-hydrogen) atoms. The second-order valence-electron chi connectivity index (χ2n) is 6.65. The lowest BCUT2D eigenvalue weighted by Crippen LogP contribution is -1.84. The Balaban J connectivity index is 1.60. The molecule has 0 aromatic heterocycles. The van der Waals surface area contributed by atoms with Gasteiger partial charge in [0.15, 0.2) is 0 Å². The Morgan fingerprint density at radius 2 is 1.04 bits per heavy atom. The van der Waals surface area contributed by atoms with Gasteiger partial charge in [-0.2, -0.15) is 0 Å². The Hall–Kier alpha value is -3.12. The lowest BCUT2D eigenvalue weighted by atomic mass is 9.96. The topological polar surface area (TPSA) is 0 Å². The van der Waals surface area contributed by atoms with E-state index >= 15 is 0 Å². The Morgan fingerprint density at radius 3 is 1.92 bits per heavy atom. The molecule has 0 heterocycles. The Bertz CT molecular complexity index is 1060. The van der Waals surface area contributed by atoms with E-state index in [0.717, 1.165) is 6.42 Å². The van der Waals surface area contributed by atoms with E-state index in [1.165, 1.54) is 44.5 Å². The van der Waals surface area contributed by atoms with Crippen LogP contribution in [-0.4, -0.2) is 0 Å². The third kappa shape index (κ3) is 2.47. The highest BCUT2D eigenvalue weighted by Gasteiger charge is 2.18. The average molecular weight is 318 g/mol. The lowest BCUT2D eigenvalue weighted by molar-refractivity contribution is 1.26. The minimum atomic E-state index is 1.05. The summed E-state index contributed by atoms with van der Waals surface area (Å²) < 4.78 is 0. The van der Waals surface area contributed by atoms with Gasteiger partial charge in [-0.05, 0) is 63.1 Å². The molecule has 0 atom stereocenters. The van der Waals surface area contributed by atoms with E-state index in [9.17, 15) is 0 Å². The normalized spacial score (nSPS) is 11.8. The SMILES string of the molecule is c1ccc(-c2cccc(-c3ccc4c(c3)-c3ccccc3C4)c2)cc1. The van der Waals surface area contributed by atoms with Crippen molar-refractivity contribution < 1.29 is 0 Å². The number of hydrogen-bond acceptors (Lipinski definition) is 0. The molecule has 0 saturated carbocycles. The van der Waals surface area contributed by atoms with Gasteiger partial charge in [0.25, 0.3) is 0 Å². The van der Waals surface area contributed by atoms with Crippen molar-refractivity contribution in [2.45, 2.75) is 6.42 Å². The molecule has 0 heteroatoms. The van der Waals surface area contributed by atoms with Crippen molar-refractivity contribution >= 4 is 0 Å². The maximum atomic E-state index is 2.35. The molecule has 0 nitrogen and oxygen atoms in total. The molecule has 4 aromatic carbocycles. The van der Waals surface area contributed by atoms with Crippen molar-refractivity contribution in [3.63, 3.8) is 0 Å².